The molecule has 0 saturated heterocycles. The van der Waals surface area contributed by atoms with Gasteiger partial charge in [0, 0.05) is 12.6 Å². The SMILES string of the molecule is CCCCNC(=O)COc1ccc([C@@H](N)CC)cc1. The van der Waals surface area contributed by atoms with Crippen LogP contribution in [-0.4, -0.2) is 19.1 Å². The molecule has 0 aromatic heterocycles. The van der Waals surface area contributed by atoms with Crippen LogP contribution in [0.15, 0.2) is 24.3 Å². The molecule has 0 heterocycles. The molecule has 19 heavy (non-hydrogen) atoms. The van der Waals surface area contributed by atoms with Gasteiger partial charge >= 0.3 is 0 Å². The lowest BCUT2D eigenvalue weighted by molar-refractivity contribution is -0.123. The highest BCUT2D eigenvalue weighted by atomic mass is 16.5. The number of benzene rings is 1. The standard InChI is InChI=1S/C15H24N2O2/c1-3-5-10-17-15(18)11-19-13-8-6-12(7-9-13)14(16)4-2/h6-9,14H,3-5,10-11,16H2,1-2H3,(H,17,18)/t14-/m0/s1. The summed E-state index contributed by atoms with van der Waals surface area (Å²) in [5.74, 6) is 0.612. The minimum absolute atomic E-state index is 0.0584. The number of rotatable bonds is 8. The maximum atomic E-state index is 11.5. The van der Waals surface area contributed by atoms with E-state index in [1.54, 1.807) is 0 Å². The summed E-state index contributed by atoms with van der Waals surface area (Å²) in [6, 6.07) is 7.65. The lowest BCUT2D eigenvalue weighted by Crippen LogP contribution is -2.29. The van der Waals surface area contributed by atoms with Crippen LogP contribution in [0.5, 0.6) is 5.75 Å². The predicted octanol–water partition coefficient (Wildman–Crippen LogP) is 2.39. The Morgan fingerprint density at radius 1 is 1.32 bits per heavy atom. The number of carbonyl (C=O) groups excluding carboxylic acids is 1. The molecule has 1 aromatic rings. The number of amides is 1. The molecule has 1 atom stereocenters. The van der Waals surface area contributed by atoms with Gasteiger partial charge in [-0.25, -0.2) is 0 Å². The Morgan fingerprint density at radius 3 is 2.58 bits per heavy atom. The van der Waals surface area contributed by atoms with Crippen molar-refractivity contribution in [3.05, 3.63) is 29.8 Å². The van der Waals surface area contributed by atoms with Gasteiger partial charge in [-0.3, -0.25) is 4.79 Å². The Bertz CT molecular complexity index is 376. The van der Waals surface area contributed by atoms with E-state index in [0.29, 0.717) is 12.3 Å². The summed E-state index contributed by atoms with van der Waals surface area (Å²) < 4.78 is 5.41. The molecule has 1 rings (SSSR count). The van der Waals surface area contributed by atoms with Crippen LogP contribution in [0.1, 0.15) is 44.7 Å². The Hall–Kier alpha value is -1.55. The molecule has 0 radical (unpaired) electrons. The Kier molecular flexibility index (Phi) is 6.97. The van der Waals surface area contributed by atoms with Crippen molar-refractivity contribution in [3.63, 3.8) is 0 Å². The highest BCUT2D eigenvalue weighted by molar-refractivity contribution is 5.77. The van der Waals surface area contributed by atoms with E-state index in [0.717, 1.165) is 24.8 Å². The third-order valence-corrected chi connectivity index (χ3v) is 2.97. The summed E-state index contributed by atoms with van der Waals surface area (Å²) in [4.78, 5) is 11.5. The molecule has 0 saturated carbocycles. The predicted molar refractivity (Wildman–Crippen MR) is 77.1 cm³/mol. The largest absolute Gasteiger partial charge is 0.484 e. The molecule has 1 aromatic carbocycles. The molecule has 0 bridgehead atoms. The summed E-state index contributed by atoms with van der Waals surface area (Å²) in [5, 5.41) is 2.81. The molecule has 3 N–H and O–H groups in total. The Morgan fingerprint density at radius 2 is 2.00 bits per heavy atom. The van der Waals surface area contributed by atoms with Crippen molar-refractivity contribution < 1.29 is 9.53 Å². The van der Waals surface area contributed by atoms with Gasteiger partial charge in [0.1, 0.15) is 5.75 Å². The lowest BCUT2D eigenvalue weighted by atomic mass is 10.1. The highest BCUT2D eigenvalue weighted by Crippen LogP contribution is 2.18. The van der Waals surface area contributed by atoms with E-state index in [1.807, 2.05) is 24.3 Å². The van der Waals surface area contributed by atoms with Crippen LogP contribution in [0.25, 0.3) is 0 Å². The van der Waals surface area contributed by atoms with Crippen molar-refractivity contribution in [2.45, 2.75) is 39.2 Å². The second-order valence-electron chi connectivity index (χ2n) is 4.58. The van der Waals surface area contributed by atoms with Crippen LogP contribution in [0.3, 0.4) is 0 Å². The molecule has 0 unspecified atom stereocenters. The summed E-state index contributed by atoms with van der Waals surface area (Å²) in [7, 11) is 0. The van der Waals surface area contributed by atoms with Crippen LogP contribution < -0.4 is 15.8 Å². The molecule has 106 valence electrons. The molecular formula is C15H24N2O2. The summed E-state index contributed by atoms with van der Waals surface area (Å²) in [6.07, 6.45) is 2.97. The molecule has 0 aliphatic heterocycles. The molecular weight excluding hydrogens is 240 g/mol. The lowest BCUT2D eigenvalue weighted by Gasteiger charge is -2.11. The van der Waals surface area contributed by atoms with E-state index in [-0.39, 0.29) is 18.6 Å². The second-order valence-corrected chi connectivity index (χ2v) is 4.58. The maximum Gasteiger partial charge on any atom is 0.257 e. The smallest absolute Gasteiger partial charge is 0.257 e. The van der Waals surface area contributed by atoms with E-state index < -0.39 is 0 Å². The Balaban J connectivity index is 2.35. The molecule has 4 nitrogen and oxygen atoms in total. The second kappa shape index (κ2) is 8.53. The molecule has 4 heteroatoms. The van der Waals surface area contributed by atoms with Crippen LogP contribution in [-0.2, 0) is 4.79 Å². The number of nitrogens with one attached hydrogen (secondary N) is 1. The molecule has 0 fully saturated rings. The van der Waals surface area contributed by atoms with E-state index in [9.17, 15) is 4.79 Å². The summed E-state index contributed by atoms with van der Waals surface area (Å²) in [6.45, 7) is 4.91. The van der Waals surface area contributed by atoms with Gasteiger partial charge in [-0.05, 0) is 30.5 Å². The molecule has 0 aliphatic carbocycles. The fourth-order valence-electron chi connectivity index (χ4n) is 1.65. The van der Waals surface area contributed by atoms with Crippen molar-refractivity contribution >= 4 is 5.91 Å². The number of unbranched alkanes of at least 4 members (excludes halogenated alkanes) is 1. The average Bonchev–Trinajstić information content (AvgIpc) is 2.45. The van der Waals surface area contributed by atoms with Crippen LogP contribution >= 0.6 is 0 Å². The normalized spacial score (nSPS) is 11.9. The van der Waals surface area contributed by atoms with Gasteiger partial charge in [0.15, 0.2) is 6.61 Å². The van der Waals surface area contributed by atoms with Crippen molar-refractivity contribution in [2.24, 2.45) is 5.73 Å². The number of ether oxygens (including phenoxy) is 1. The first-order valence-corrected chi connectivity index (χ1v) is 6.92. The Labute approximate surface area is 115 Å². The minimum atomic E-state index is -0.0808. The number of carbonyl (C=O) groups is 1. The van der Waals surface area contributed by atoms with Gasteiger partial charge in [0.2, 0.25) is 0 Å². The number of hydrogen-bond acceptors (Lipinski definition) is 3. The number of nitrogens with two attached hydrogens (primary N) is 1. The summed E-state index contributed by atoms with van der Waals surface area (Å²) >= 11 is 0. The van der Waals surface area contributed by atoms with E-state index in [1.165, 1.54) is 0 Å². The van der Waals surface area contributed by atoms with Gasteiger partial charge in [-0.1, -0.05) is 32.4 Å². The highest BCUT2D eigenvalue weighted by Gasteiger charge is 2.04. The quantitative estimate of drug-likeness (QED) is 0.709. The van der Waals surface area contributed by atoms with E-state index in [2.05, 4.69) is 19.2 Å². The van der Waals surface area contributed by atoms with Gasteiger partial charge in [-0.2, -0.15) is 0 Å². The monoisotopic (exact) mass is 264 g/mol. The van der Waals surface area contributed by atoms with Crippen molar-refractivity contribution in [1.29, 1.82) is 0 Å². The first kappa shape index (κ1) is 15.5. The molecule has 0 spiro atoms. The van der Waals surface area contributed by atoms with Crippen LogP contribution in [0, 0.1) is 0 Å². The fraction of sp³-hybridized carbons (Fsp3) is 0.533. The first-order valence-electron chi connectivity index (χ1n) is 6.92. The van der Waals surface area contributed by atoms with E-state index >= 15 is 0 Å². The third kappa shape index (κ3) is 5.75. The fourth-order valence-corrected chi connectivity index (χ4v) is 1.65. The molecule has 1 amide bonds. The van der Waals surface area contributed by atoms with Crippen LogP contribution in [0.2, 0.25) is 0 Å². The van der Waals surface area contributed by atoms with E-state index in [4.69, 9.17) is 10.5 Å². The summed E-state index contributed by atoms with van der Waals surface area (Å²) in [5.41, 5.74) is 7.02. The number of hydrogen-bond donors (Lipinski definition) is 2. The average molecular weight is 264 g/mol. The topological polar surface area (TPSA) is 64.3 Å². The molecule has 0 aliphatic rings. The van der Waals surface area contributed by atoms with Crippen LogP contribution in [0.4, 0.5) is 0 Å². The van der Waals surface area contributed by atoms with Crippen molar-refractivity contribution in [3.8, 4) is 5.75 Å². The van der Waals surface area contributed by atoms with Gasteiger partial charge in [0.25, 0.3) is 5.91 Å². The maximum absolute atomic E-state index is 11.5. The zero-order valence-electron chi connectivity index (χ0n) is 11.8. The van der Waals surface area contributed by atoms with Crippen molar-refractivity contribution in [2.75, 3.05) is 13.2 Å². The first-order chi connectivity index (χ1) is 9.17. The van der Waals surface area contributed by atoms with Gasteiger partial charge in [0.05, 0.1) is 0 Å². The minimum Gasteiger partial charge on any atom is -0.484 e. The zero-order chi connectivity index (χ0) is 14.1. The third-order valence-electron chi connectivity index (χ3n) is 2.97. The van der Waals surface area contributed by atoms with Crippen molar-refractivity contribution in [1.82, 2.24) is 5.32 Å². The van der Waals surface area contributed by atoms with Gasteiger partial charge < -0.3 is 15.8 Å². The zero-order valence-corrected chi connectivity index (χ0v) is 11.8. The van der Waals surface area contributed by atoms with Gasteiger partial charge in [-0.15, -0.1) is 0 Å².